The second-order valence-corrected chi connectivity index (χ2v) is 6.65. The van der Waals surface area contributed by atoms with Crippen LogP contribution >= 0.6 is 0 Å². The number of carbonyl (C=O) groups excluding carboxylic acids is 1. The van der Waals surface area contributed by atoms with Gasteiger partial charge in [-0.3, -0.25) is 9.48 Å². The molecule has 1 aliphatic heterocycles. The van der Waals surface area contributed by atoms with Crippen molar-refractivity contribution in [3.63, 3.8) is 0 Å². The van der Waals surface area contributed by atoms with Gasteiger partial charge in [0, 0.05) is 37.7 Å². The zero-order chi connectivity index (χ0) is 17.3. The highest BCUT2D eigenvalue weighted by Crippen LogP contribution is 2.25. The van der Waals surface area contributed by atoms with E-state index in [9.17, 15) is 4.79 Å². The molecular weight excluding hydrogens is 304 g/mol. The second kappa shape index (κ2) is 6.89. The normalized spacial score (nSPS) is 17.6. The van der Waals surface area contributed by atoms with Crippen molar-refractivity contribution in [1.82, 2.24) is 20.1 Å². The maximum atomic E-state index is 12.1. The van der Waals surface area contributed by atoms with E-state index in [4.69, 9.17) is 9.72 Å². The van der Waals surface area contributed by atoms with Crippen LogP contribution in [-0.4, -0.2) is 39.9 Å². The minimum atomic E-state index is 0.0762. The van der Waals surface area contributed by atoms with Gasteiger partial charge in [-0.1, -0.05) is 0 Å². The Morgan fingerprint density at radius 2 is 2.12 bits per heavy atom. The summed E-state index contributed by atoms with van der Waals surface area (Å²) in [6.07, 6.45) is 3.50. The van der Waals surface area contributed by atoms with Crippen LogP contribution in [0.1, 0.15) is 41.8 Å². The SMILES string of the molecule is Cc1nc2c(c(C)nn2C)c(C)c1CCC(=O)NC[C@H]1CCCO1. The largest absolute Gasteiger partial charge is 0.376 e. The van der Waals surface area contributed by atoms with Crippen molar-refractivity contribution in [1.29, 1.82) is 0 Å². The fourth-order valence-corrected chi connectivity index (χ4v) is 3.59. The number of nitrogens with one attached hydrogen (secondary N) is 1. The van der Waals surface area contributed by atoms with Crippen LogP contribution in [0.25, 0.3) is 11.0 Å². The number of amides is 1. The molecule has 0 spiro atoms. The molecule has 3 heterocycles. The molecule has 0 aliphatic carbocycles. The van der Waals surface area contributed by atoms with E-state index in [2.05, 4.69) is 17.3 Å². The summed E-state index contributed by atoms with van der Waals surface area (Å²) in [7, 11) is 1.92. The van der Waals surface area contributed by atoms with E-state index in [0.717, 1.165) is 47.4 Å². The molecule has 1 saturated heterocycles. The van der Waals surface area contributed by atoms with Gasteiger partial charge in [-0.25, -0.2) is 4.98 Å². The van der Waals surface area contributed by atoms with Crippen molar-refractivity contribution in [2.45, 2.75) is 52.6 Å². The standard InChI is InChI=1S/C18H26N4O2/c1-11-15(7-8-16(23)19-10-14-6-5-9-24-14)12(2)20-18-17(11)13(3)21-22(18)4/h14H,5-10H2,1-4H3,(H,19,23)/t14-/m1/s1. The summed E-state index contributed by atoms with van der Waals surface area (Å²) in [5.74, 6) is 0.0762. The lowest BCUT2D eigenvalue weighted by atomic mass is 9.99. The quantitative estimate of drug-likeness (QED) is 0.912. The van der Waals surface area contributed by atoms with Gasteiger partial charge in [0.1, 0.15) is 0 Å². The molecule has 1 atom stereocenters. The minimum absolute atomic E-state index is 0.0762. The Balaban J connectivity index is 1.68. The monoisotopic (exact) mass is 330 g/mol. The number of hydrogen-bond acceptors (Lipinski definition) is 4. The zero-order valence-electron chi connectivity index (χ0n) is 15.0. The van der Waals surface area contributed by atoms with E-state index in [-0.39, 0.29) is 12.0 Å². The van der Waals surface area contributed by atoms with Gasteiger partial charge in [-0.05, 0) is 51.2 Å². The first-order chi connectivity index (χ1) is 11.5. The Hall–Kier alpha value is -1.95. The number of nitrogens with zero attached hydrogens (tertiary/aromatic N) is 3. The summed E-state index contributed by atoms with van der Waals surface area (Å²) < 4.78 is 7.36. The molecule has 6 heteroatoms. The summed E-state index contributed by atoms with van der Waals surface area (Å²) in [5, 5.41) is 8.56. The van der Waals surface area contributed by atoms with Crippen molar-refractivity contribution in [2.75, 3.05) is 13.2 Å². The molecule has 0 unspecified atom stereocenters. The van der Waals surface area contributed by atoms with E-state index < -0.39 is 0 Å². The van der Waals surface area contributed by atoms with Crippen molar-refractivity contribution in [3.05, 3.63) is 22.5 Å². The molecular formula is C18H26N4O2. The minimum Gasteiger partial charge on any atom is -0.376 e. The Bertz CT molecular complexity index is 760. The molecule has 0 radical (unpaired) electrons. The van der Waals surface area contributed by atoms with Crippen LogP contribution in [0.2, 0.25) is 0 Å². The summed E-state index contributed by atoms with van der Waals surface area (Å²) >= 11 is 0. The highest BCUT2D eigenvalue weighted by molar-refractivity contribution is 5.84. The van der Waals surface area contributed by atoms with Crippen LogP contribution in [0.5, 0.6) is 0 Å². The van der Waals surface area contributed by atoms with E-state index in [1.165, 1.54) is 5.56 Å². The number of fused-ring (bicyclic) bond motifs is 1. The molecule has 0 saturated carbocycles. The van der Waals surface area contributed by atoms with Gasteiger partial charge < -0.3 is 10.1 Å². The van der Waals surface area contributed by atoms with Gasteiger partial charge in [0.05, 0.1) is 11.8 Å². The topological polar surface area (TPSA) is 69.0 Å². The van der Waals surface area contributed by atoms with Gasteiger partial charge >= 0.3 is 0 Å². The average molecular weight is 330 g/mol. The lowest BCUT2D eigenvalue weighted by Gasteiger charge is -2.13. The van der Waals surface area contributed by atoms with Gasteiger partial charge in [0.15, 0.2) is 5.65 Å². The highest BCUT2D eigenvalue weighted by atomic mass is 16.5. The Morgan fingerprint density at radius 1 is 1.33 bits per heavy atom. The third-order valence-electron chi connectivity index (χ3n) is 4.88. The van der Waals surface area contributed by atoms with Gasteiger partial charge in [-0.15, -0.1) is 0 Å². The number of rotatable bonds is 5. The van der Waals surface area contributed by atoms with Crippen LogP contribution in [0, 0.1) is 20.8 Å². The second-order valence-electron chi connectivity index (χ2n) is 6.65. The molecule has 0 aromatic carbocycles. The molecule has 130 valence electrons. The molecule has 1 amide bonds. The van der Waals surface area contributed by atoms with E-state index in [0.29, 0.717) is 19.4 Å². The summed E-state index contributed by atoms with van der Waals surface area (Å²) in [5.41, 5.74) is 5.23. The molecule has 2 aromatic heterocycles. The van der Waals surface area contributed by atoms with Crippen LogP contribution in [-0.2, 0) is 23.0 Å². The smallest absolute Gasteiger partial charge is 0.220 e. The first kappa shape index (κ1) is 16.9. The van der Waals surface area contributed by atoms with Crippen LogP contribution in [0.15, 0.2) is 0 Å². The predicted octanol–water partition coefficient (Wildman–Crippen LogP) is 2.12. The number of aryl methyl sites for hydroxylation is 4. The van der Waals surface area contributed by atoms with Crippen LogP contribution < -0.4 is 5.32 Å². The van der Waals surface area contributed by atoms with E-state index in [1.807, 2.05) is 25.6 Å². The number of ether oxygens (including phenoxy) is 1. The highest BCUT2D eigenvalue weighted by Gasteiger charge is 2.18. The predicted molar refractivity (Wildman–Crippen MR) is 93.0 cm³/mol. The molecule has 1 fully saturated rings. The van der Waals surface area contributed by atoms with Crippen LogP contribution in [0.4, 0.5) is 0 Å². The zero-order valence-corrected chi connectivity index (χ0v) is 15.0. The first-order valence-corrected chi connectivity index (χ1v) is 8.65. The summed E-state index contributed by atoms with van der Waals surface area (Å²) in [4.78, 5) is 16.8. The average Bonchev–Trinajstić information content (AvgIpc) is 3.13. The molecule has 0 bridgehead atoms. The van der Waals surface area contributed by atoms with Gasteiger partial charge in [0.2, 0.25) is 5.91 Å². The van der Waals surface area contributed by atoms with Gasteiger partial charge in [-0.2, -0.15) is 5.10 Å². The number of carbonyl (C=O) groups is 1. The third-order valence-corrected chi connectivity index (χ3v) is 4.88. The van der Waals surface area contributed by atoms with Crippen molar-refractivity contribution >= 4 is 16.9 Å². The fraction of sp³-hybridized carbons (Fsp3) is 0.611. The number of pyridine rings is 1. The molecule has 6 nitrogen and oxygen atoms in total. The molecule has 24 heavy (non-hydrogen) atoms. The van der Waals surface area contributed by atoms with Crippen molar-refractivity contribution < 1.29 is 9.53 Å². The Morgan fingerprint density at radius 3 is 2.83 bits per heavy atom. The van der Waals surface area contributed by atoms with Gasteiger partial charge in [0.25, 0.3) is 0 Å². The lowest BCUT2D eigenvalue weighted by Crippen LogP contribution is -2.31. The lowest BCUT2D eigenvalue weighted by molar-refractivity contribution is -0.121. The molecule has 1 aliphatic rings. The Labute approximate surface area is 142 Å². The Kier molecular flexibility index (Phi) is 4.85. The van der Waals surface area contributed by atoms with Crippen molar-refractivity contribution in [3.8, 4) is 0 Å². The fourth-order valence-electron chi connectivity index (χ4n) is 3.59. The number of aromatic nitrogens is 3. The third kappa shape index (κ3) is 3.29. The maximum absolute atomic E-state index is 12.1. The summed E-state index contributed by atoms with van der Waals surface area (Å²) in [6, 6.07) is 0. The van der Waals surface area contributed by atoms with E-state index in [1.54, 1.807) is 0 Å². The van der Waals surface area contributed by atoms with Crippen molar-refractivity contribution in [2.24, 2.45) is 7.05 Å². The molecule has 2 aromatic rings. The first-order valence-electron chi connectivity index (χ1n) is 8.65. The summed E-state index contributed by atoms with van der Waals surface area (Å²) in [6.45, 7) is 7.55. The maximum Gasteiger partial charge on any atom is 0.220 e. The number of hydrogen-bond donors (Lipinski definition) is 1. The van der Waals surface area contributed by atoms with Crippen LogP contribution in [0.3, 0.4) is 0 Å². The molecule has 1 N–H and O–H groups in total. The molecule has 3 rings (SSSR count). The van der Waals surface area contributed by atoms with E-state index >= 15 is 0 Å².